The van der Waals surface area contributed by atoms with Crippen LogP contribution in [0.5, 0.6) is 0 Å². The van der Waals surface area contributed by atoms with Gasteiger partial charge < -0.3 is 4.90 Å². The number of sulfone groups is 1. The number of carbonyl (C=O) groups excluding carboxylic acids is 1. The maximum Gasteiger partial charge on any atom is 0.223 e. The van der Waals surface area contributed by atoms with Crippen molar-refractivity contribution < 1.29 is 13.2 Å². The lowest BCUT2D eigenvalue weighted by Gasteiger charge is -2.35. The van der Waals surface area contributed by atoms with Crippen molar-refractivity contribution in [1.82, 2.24) is 14.7 Å². The van der Waals surface area contributed by atoms with Gasteiger partial charge in [0.1, 0.15) is 0 Å². The molecule has 1 amide bonds. The highest BCUT2D eigenvalue weighted by Gasteiger charge is 2.44. The zero-order chi connectivity index (χ0) is 21.6. The molecule has 0 N–H and O–H groups in total. The van der Waals surface area contributed by atoms with Crippen LogP contribution in [0.3, 0.4) is 0 Å². The second kappa shape index (κ2) is 7.64. The molecular formula is C24H25N3O3S. The summed E-state index contributed by atoms with van der Waals surface area (Å²) >= 11 is 0. The first-order valence-corrected chi connectivity index (χ1v) is 12.5. The molecule has 6 nitrogen and oxygen atoms in total. The fraction of sp³-hybridized carbons (Fsp3) is 0.333. The number of fused-ring (bicyclic) bond motifs is 4. The lowest BCUT2D eigenvalue weighted by molar-refractivity contribution is -0.134. The monoisotopic (exact) mass is 435 g/mol. The van der Waals surface area contributed by atoms with E-state index in [9.17, 15) is 13.2 Å². The van der Waals surface area contributed by atoms with Crippen molar-refractivity contribution in [2.45, 2.75) is 49.1 Å². The van der Waals surface area contributed by atoms with Crippen LogP contribution in [0.1, 0.15) is 42.1 Å². The van der Waals surface area contributed by atoms with Gasteiger partial charge in [-0.2, -0.15) is 5.10 Å². The van der Waals surface area contributed by atoms with Gasteiger partial charge in [0.2, 0.25) is 5.91 Å². The third kappa shape index (κ3) is 3.67. The van der Waals surface area contributed by atoms with Crippen LogP contribution >= 0.6 is 0 Å². The number of hydrogen-bond donors (Lipinski definition) is 0. The van der Waals surface area contributed by atoms with Gasteiger partial charge in [0.15, 0.2) is 9.84 Å². The first kappa shape index (κ1) is 20.0. The smallest absolute Gasteiger partial charge is 0.223 e. The summed E-state index contributed by atoms with van der Waals surface area (Å²) in [6.07, 6.45) is 7.11. The van der Waals surface area contributed by atoms with Crippen LogP contribution in [0.25, 0.3) is 5.69 Å². The van der Waals surface area contributed by atoms with E-state index in [2.05, 4.69) is 22.1 Å². The first-order valence-electron chi connectivity index (χ1n) is 10.6. The van der Waals surface area contributed by atoms with E-state index < -0.39 is 9.84 Å². The van der Waals surface area contributed by atoms with Crippen molar-refractivity contribution in [1.29, 1.82) is 0 Å². The van der Waals surface area contributed by atoms with E-state index in [1.807, 2.05) is 29.1 Å². The van der Waals surface area contributed by atoms with E-state index in [0.29, 0.717) is 11.3 Å². The first-order chi connectivity index (χ1) is 14.9. The van der Waals surface area contributed by atoms with Gasteiger partial charge in [-0.25, -0.2) is 13.1 Å². The van der Waals surface area contributed by atoms with Crippen molar-refractivity contribution in [3.63, 3.8) is 0 Å². The molecule has 0 unspecified atom stereocenters. The Hall–Kier alpha value is -2.93. The molecule has 2 aliphatic rings. The Morgan fingerprint density at radius 2 is 1.81 bits per heavy atom. The van der Waals surface area contributed by atoms with Gasteiger partial charge in [0.25, 0.3) is 0 Å². The van der Waals surface area contributed by atoms with Gasteiger partial charge in [-0.05, 0) is 49.1 Å². The molecule has 0 radical (unpaired) electrons. The summed E-state index contributed by atoms with van der Waals surface area (Å²) in [6, 6.07) is 17.2. The van der Waals surface area contributed by atoms with E-state index in [0.717, 1.165) is 42.6 Å². The normalized spacial score (nSPS) is 20.0. The molecule has 2 aromatic carbocycles. The maximum atomic E-state index is 13.1. The summed E-state index contributed by atoms with van der Waals surface area (Å²) in [5, 5.41) is 4.60. The Balaban J connectivity index is 1.37. The number of benzene rings is 2. The highest BCUT2D eigenvalue weighted by atomic mass is 32.2. The number of aromatic nitrogens is 2. The highest BCUT2D eigenvalue weighted by Crippen LogP contribution is 2.44. The molecule has 3 heterocycles. The van der Waals surface area contributed by atoms with Gasteiger partial charge in [0, 0.05) is 30.7 Å². The number of aryl methyl sites for hydroxylation is 1. The van der Waals surface area contributed by atoms with E-state index >= 15 is 0 Å². The fourth-order valence-corrected chi connectivity index (χ4v) is 5.57. The standard InChI is InChI=1S/C24H25N3O3S/c1-31(29,30)20-11-8-18(9-12-20)27-23-15-19-10-13-22(21(23)16-25-27)26(19)24(28)14-7-17-5-3-2-4-6-17/h2-6,8-9,11-12,16,19,22H,7,10,13-15H2,1H3/t19-,22+/m1/s1. The highest BCUT2D eigenvalue weighted by molar-refractivity contribution is 7.90. The van der Waals surface area contributed by atoms with Crippen molar-refractivity contribution in [3.05, 3.63) is 77.6 Å². The van der Waals surface area contributed by atoms with Gasteiger partial charge in [0.05, 0.1) is 28.5 Å². The average molecular weight is 436 g/mol. The quantitative estimate of drug-likeness (QED) is 0.615. The van der Waals surface area contributed by atoms with Crippen molar-refractivity contribution in [2.24, 2.45) is 0 Å². The number of hydrogen-bond acceptors (Lipinski definition) is 4. The molecule has 2 aliphatic heterocycles. The summed E-state index contributed by atoms with van der Waals surface area (Å²) in [7, 11) is -3.23. The minimum absolute atomic E-state index is 0.0843. The Morgan fingerprint density at radius 3 is 2.52 bits per heavy atom. The summed E-state index contributed by atoms with van der Waals surface area (Å²) in [5.41, 5.74) is 4.28. The summed E-state index contributed by atoms with van der Waals surface area (Å²) in [4.78, 5) is 15.5. The fourth-order valence-electron chi connectivity index (χ4n) is 4.94. The Bertz CT molecular complexity index is 1220. The van der Waals surface area contributed by atoms with Gasteiger partial charge in [-0.15, -0.1) is 0 Å². The zero-order valence-electron chi connectivity index (χ0n) is 17.4. The molecule has 7 heteroatoms. The number of rotatable bonds is 5. The molecule has 0 spiro atoms. The Labute approximate surface area is 182 Å². The molecule has 1 fully saturated rings. The molecule has 1 aromatic heterocycles. The van der Waals surface area contributed by atoms with Crippen molar-refractivity contribution >= 4 is 15.7 Å². The lowest BCUT2D eigenvalue weighted by atomic mass is 9.98. The molecule has 0 saturated carbocycles. The van der Waals surface area contributed by atoms with E-state index in [-0.39, 0.29) is 18.0 Å². The van der Waals surface area contributed by atoms with Crippen LogP contribution in [-0.2, 0) is 27.5 Å². The molecule has 31 heavy (non-hydrogen) atoms. The molecule has 2 bridgehead atoms. The predicted molar refractivity (Wildman–Crippen MR) is 118 cm³/mol. The molecule has 2 atom stereocenters. The van der Waals surface area contributed by atoms with Crippen LogP contribution < -0.4 is 0 Å². The van der Waals surface area contributed by atoms with Crippen LogP contribution in [0.2, 0.25) is 0 Å². The molecular weight excluding hydrogens is 410 g/mol. The molecule has 160 valence electrons. The minimum Gasteiger partial charge on any atom is -0.332 e. The van der Waals surface area contributed by atoms with Crippen LogP contribution in [0.15, 0.2) is 65.7 Å². The SMILES string of the molecule is CS(=O)(=O)c1ccc(-n2ncc3c2C[C@H]2CC[C@@H]3N2C(=O)CCc2ccccc2)cc1. The zero-order valence-corrected chi connectivity index (χ0v) is 18.3. The van der Waals surface area contributed by atoms with E-state index in [1.54, 1.807) is 24.3 Å². The molecule has 0 aliphatic carbocycles. The third-order valence-electron chi connectivity index (χ3n) is 6.46. The summed E-state index contributed by atoms with van der Waals surface area (Å²) in [5.74, 6) is 0.215. The van der Waals surface area contributed by atoms with Crippen LogP contribution in [0, 0.1) is 0 Å². The summed E-state index contributed by atoms with van der Waals surface area (Å²) < 4.78 is 25.4. The average Bonchev–Trinajstić information content (AvgIpc) is 3.33. The maximum absolute atomic E-state index is 13.1. The second-order valence-electron chi connectivity index (χ2n) is 8.46. The number of nitrogens with zero attached hydrogens (tertiary/aromatic N) is 3. The van der Waals surface area contributed by atoms with E-state index in [4.69, 9.17) is 0 Å². The molecule has 5 rings (SSSR count). The number of amides is 1. The third-order valence-corrected chi connectivity index (χ3v) is 7.59. The van der Waals surface area contributed by atoms with Gasteiger partial charge in [-0.1, -0.05) is 30.3 Å². The number of carbonyl (C=O) groups is 1. The largest absolute Gasteiger partial charge is 0.332 e. The van der Waals surface area contributed by atoms with Crippen molar-refractivity contribution in [3.8, 4) is 5.69 Å². The Morgan fingerprint density at radius 1 is 1.06 bits per heavy atom. The second-order valence-corrected chi connectivity index (χ2v) is 10.5. The van der Waals surface area contributed by atoms with Crippen molar-refractivity contribution in [2.75, 3.05) is 6.26 Å². The minimum atomic E-state index is -3.23. The Kier molecular flexibility index (Phi) is 4.93. The van der Waals surface area contributed by atoms with Gasteiger partial charge in [-0.3, -0.25) is 4.79 Å². The molecule has 1 saturated heterocycles. The lowest BCUT2D eigenvalue weighted by Crippen LogP contribution is -2.42. The van der Waals surface area contributed by atoms with E-state index in [1.165, 1.54) is 11.8 Å². The molecule has 3 aromatic rings. The predicted octanol–water partition coefficient (Wildman–Crippen LogP) is 3.50. The summed E-state index contributed by atoms with van der Waals surface area (Å²) in [6.45, 7) is 0. The topological polar surface area (TPSA) is 72.3 Å². The van der Waals surface area contributed by atoms with Crippen LogP contribution in [-0.4, -0.2) is 41.3 Å². The van der Waals surface area contributed by atoms with Gasteiger partial charge >= 0.3 is 0 Å². The van der Waals surface area contributed by atoms with Crippen LogP contribution in [0.4, 0.5) is 0 Å².